The Kier molecular flexibility index (Phi) is 7.14. The third kappa shape index (κ3) is 5.55. The van der Waals surface area contributed by atoms with Crippen LogP contribution in [0, 0.1) is 13.8 Å². The van der Waals surface area contributed by atoms with Crippen LogP contribution in [0.25, 0.3) is 0 Å². The molecule has 0 radical (unpaired) electrons. The molecular formula is C25H29N5O3S. The number of piperazine rings is 1. The normalized spacial score (nSPS) is 14.0. The quantitative estimate of drug-likeness (QED) is 0.482. The first-order chi connectivity index (χ1) is 16.3. The van der Waals surface area contributed by atoms with Crippen molar-refractivity contribution in [3.8, 4) is 0 Å². The van der Waals surface area contributed by atoms with Crippen LogP contribution in [0.15, 0.2) is 65.7 Å². The summed E-state index contributed by atoms with van der Waals surface area (Å²) in [6, 6.07) is 16.2. The molecule has 34 heavy (non-hydrogen) atoms. The average Bonchev–Trinajstić information content (AvgIpc) is 2.85. The summed E-state index contributed by atoms with van der Waals surface area (Å²) >= 11 is 0. The van der Waals surface area contributed by atoms with E-state index in [4.69, 9.17) is 0 Å². The number of rotatable bonds is 7. The number of carbonyl (C=O) groups excluding carboxylic acids is 1. The predicted octanol–water partition coefficient (Wildman–Crippen LogP) is 2.84. The number of pyridine rings is 1. The van der Waals surface area contributed by atoms with Crippen LogP contribution >= 0.6 is 0 Å². The van der Waals surface area contributed by atoms with Crippen molar-refractivity contribution >= 4 is 27.4 Å². The summed E-state index contributed by atoms with van der Waals surface area (Å²) in [6.07, 6.45) is 1.49. The van der Waals surface area contributed by atoms with Crippen LogP contribution in [0.1, 0.15) is 27.0 Å². The van der Waals surface area contributed by atoms with Crippen molar-refractivity contribution in [2.75, 3.05) is 35.8 Å². The minimum absolute atomic E-state index is 0.167. The van der Waals surface area contributed by atoms with Crippen molar-refractivity contribution in [2.45, 2.75) is 25.3 Å². The summed E-state index contributed by atoms with van der Waals surface area (Å²) < 4.78 is 29.1. The number of nitrogens with one attached hydrogen (secondary N) is 3. The van der Waals surface area contributed by atoms with E-state index >= 15 is 0 Å². The van der Waals surface area contributed by atoms with Crippen LogP contribution in [0.4, 0.5) is 11.5 Å². The largest absolute Gasteiger partial charge is 0.352 e. The molecule has 0 unspecified atom stereocenters. The highest BCUT2D eigenvalue weighted by atomic mass is 32.2. The average molecular weight is 480 g/mol. The van der Waals surface area contributed by atoms with E-state index < -0.39 is 10.0 Å². The Morgan fingerprint density at radius 2 is 1.76 bits per heavy atom. The Morgan fingerprint density at radius 1 is 1.03 bits per heavy atom. The van der Waals surface area contributed by atoms with Crippen LogP contribution in [0.3, 0.4) is 0 Å². The van der Waals surface area contributed by atoms with E-state index in [9.17, 15) is 13.2 Å². The van der Waals surface area contributed by atoms with Crippen molar-refractivity contribution < 1.29 is 13.2 Å². The minimum Gasteiger partial charge on any atom is -0.352 e. The fourth-order valence-corrected chi connectivity index (χ4v) is 4.89. The highest BCUT2D eigenvalue weighted by Gasteiger charge is 2.23. The molecule has 2 heterocycles. The number of amides is 1. The molecular weight excluding hydrogens is 450 g/mol. The van der Waals surface area contributed by atoms with Crippen LogP contribution in [-0.2, 0) is 16.6 Å². The molecule has 1 saturated heterocycles. The Hall–Kier alpha value is -3.43. The highest BCUT2D eigenvalue weighted by Crippen LogP contribution is 2.28. The summed E-state index contributed by atoms with van der Waals surface area (Å²) in [4.78, 5) is 19.5. The maximum atomic E-state index is 13.2. The smallest absolute Gasteiger partial charge is 0.262 e. The Bertz CT molecular complexity index is 1270. The zero-order valence-electron chi connectivity index (χ0n) is 19.3. The van der Waals surface area contributed by atoms with Gasteiger partial charge in [-0.2, -0.15) is 0 Å². The van der Waals surface area contributed by atoms with Gasteiger partial charge in [-0.05, 0) is 48.7 Å². The van der Waals surface area contributed by atoms with Gasteiger partial charge in [-0.3, -0.25) is 9.52 Å². The molecule has 4 rings (SSSR count). The Labute approximate surface area is 200 Å². The maximum Gasteiger partial charge on any atom is 0.262 e. The molecule has 9 heteroatoms. The molecule has 3 N–H and O–H groups in total. The molecule has 0 spiro atoms. The summed E-state index contributed by atoms with van der Waals surface area (Å²) in [5, 5.41) is 6.15. The standard InChI is InChI=1S/C25H29N5O3S/c1-18-8-9-22(14-19(18)2)34(32,33)29-23-15-21(17-27-24(23)30-12-10-26-11-13-30)25(31)28-16-20-6-4-3-5-7-20/h3-9,14-15,17,26,29H,10-13,16H2,1-2H3,(H,28,31). The van der Waals surface area contributed by atoms with Crippen molar-refractivity contribution in [2.24, 2.45) is 0 Å². The van der Waals surface area contributed by atoms with Crippen LogP contribution in [-0.4, -0.2) is 45.5 Å². The fraction of sp³-hybridized carbons (Fsp3) is 0.280. The maximum absolute atomic E-state index is 13.2. The number of aromatic nitrogens is 1. The number of hydrogen-bond acceptors (Lipinski definition) is 6. The second-order valence-electron chi connectivity index (χ2n) is 8.35. The first-order valence-electron chi connectivity index (χ1n) is 11.2. The summed E-state index contributed by atoms with van der Waals surface area (Å²) in [7, 11) is -3.88. The van der Waals surface area contributed by atoms with Crippen LogP contribution in [0.2, 0.25) is 0 Å². The van der Waals surface area contributed by atoms with Crippen LogP contribution < -0.4 is 20.3 Å². The van der Waals surface area contributed by atoms with E-state index in [2.05, 4.69) is 20.3 Å². The molecule has 1 amide bonds. The summed E-state index contributed by atoms with van der Waals surface area (Å²) in [5.41, 5.74) is 3.44. The number of nitrogens with zero attached hydrogens (tertiary/aromatic N) is 2. The summed E-state index contributed by atoms with van der Waals surface area (Å²) in [6.45, 7) is 7.08. The van der Waals surface area contributed by atoms with E-state index in [1.807, 2.05) is 49.1 Å². The molecule has 1 fully saturated rings. The summed E-state index contributed by atoms with van der Waals surface area (Å²) in [5.74, 6) is 0.184. The monoisotopic (exact) mass is 479 g/mol. The first-order valence-corrected chi connectivity index (χ1v) is 12.7. The Morgan fingerprint density at radius 3 is 2.47 bits per heavy atom. The lowest BCUT2D eigenvalue weighted by atomic mass is 10.1. The van der Waals surface area contributed by atoms with Gasteiger partial charge in [-0.15, -0.1) is 0 Å². The lowest BCUT2D eigenvalue weighted by Crippen LogP contribution is -2.44. The fourth-order valence-electron chi connectivity index (χ4n) is 3.75. The van der Waals surface area contributed by atoms with Crippen LogP contribution in [0.5, 0.6) is 0 Å². The number of sulfonamides is 1. The van der Waals surface area contributed by atoms with E-state index in [1.54, 1.807) is 24.3 Å². The van der Waals surface area contributed by atoms with Crippen molar-refractivity contribution in [1.82, 2.24) is 15.6 Å². The Balaban J connectivity index is 1.63. The van der Waals surface area contributed by atoms with Gasteiger partial charge in [-0.1, -0.05) is 36.4 Å². The van der Waals surface area contributed by atoms with E-state index in [0.29, 0.717) is 25.5 Å². The van der Waals surface area contributed by atoms with E-state index in [-0.39, 0.29) is 22.1 Å². The lowest BCUT2D eigenvalue weighted by Gasteiger charge is -2.30. The molecule has 8 nitrogen and oxygen atoms in total. The first kappa shape index (κ1) is 23.7. The van der Waals surface area contributed by atoms with Gasteiger partial charge in [0.05, 0.1) is 16.1 Å². The van der Waals surface area contributed by atoms with E-state index in [1.165, 1.54) is 6.20 Å². The van der Waals surface area contributed by atoms with Gasteiger partial charge in [0.25, 0.3) is 15.9 Å². The SMILES string of the molecule is Cc1ccc(S(=O)(=O)Nc2cc(C(=O)NCc3ccccc3)cnc2N2CCNCC2)cc1C. The molecule has 2 aromatic carbocycles. The number of benzene rings is 2. The molecule has 3 aromatic rings. The lowest BCUT2D eigenvalue weighted by molar-refractivity contribution is 0.0950. The predicted molar refractivity (Wildman–Crippen MR) is 134 cm³/mol. The van der Waals surface area contributed by atoms with Gasteiger partial charge >= 0.3 is 0 Å². The molecule has 0 atom stereocenters. The number of carbonyl (C=O) groups is 1. The zero-order chi connectivity index (χ0) is 24.1. The third-order valence-corrected chi connectivity index (χ3v) is 7.24. The topological polar surface area (TPSA) is 103 Å². The number of anilines is 2. The molecule has 1 aliphatic heterocycles. The second-order valence-corrected chi connectivity index (χ2v) is 10.0. The minimum atomic E-state index is -3.88. The van der Waals surface area contributed by atoms with E-state index in [0.717, 1.165) is 29.8 Å². The van der Waals surface area contributed by atoms with Gasteiger partial charge in [-0.25, -0.2) is 13.4 Å². The molecule has 1 aliphatic rings. The highest BCUT2D eigenvalue weighted by molar-refractivity contribution is 7.92. The van der Waals surface area contributed by atoms with Gasteiger partial charge in [0.15, 0.2) is 5.82 Å². The number of aryl methyl sites for hydroxylation is 2. The molecule has 0 saturated carbocycles. The second kappa shape index (κ2) is 10.2. The molecule has 0 aliphatic carbocycles. The molecule has 0 bridgehead atoms. The van der Waals surface area contributed by atoms with Gasteiger partial charge in [0.2, 0.25) is 0 Å². The van der Waals surface area contributed by atoms with Crippen molar-refractivity contribution in [3.63, 3.8) is 0 Å². The van der Waals surface area contributed by atoms with Gasteiger partial charge in [0, 0.05) is 38.9 Å². The van der Waals surface area contributed by atoms with Crippen molar-refractivity contribution in [3.05, 3.63) is 83.0 Å². The van der Waals surface area contributed by atoms with Gasteiger partial charge < -0.3 is 15.5 Å². The third-order valence-electron chi connectivity index (χ3n) is 5.87. The van der Waals surface area contributed by atoms with Crippen molar-refractivity contribution in [1.29, 1.82) is 0 Å². The zero-order valence-corrected chi connectivity index (χ0v) is 20.2. The molecule has 178 valence electrons. The molecule has 1 aromatic heterocycles. The number of hydrogen-bond donors (Lipinski definition) is 3. The van der Waals surface area contributed by atoms with Gasteiger partial charge in [0.1, 0.15) is 0 Å².